The summed E-state index contributed by atoms with van der Waals surface area (Å²) in [5.74, 6) is 0. The zero-order chi connectivity index (χ0) is 13.1. The minimum absolute atomic E-state index is 0.425. The van der Waals surface area contributed by atoms with Crippen LogP contribution in [0.25, 0.3) is 0 Å². The second kappa shape index (κ2) is 5.33. The van der Waals surface area contributed by atoms with Crippen molar-refractivity contribution in [3.05, 3.63) is 35.9 Å². The van der Waals surface area contributed by atoms with E-state index in [0.29, 0.717) is 5.41 Å². The molecular formula is C16H22N2O. The standard InChI is InChI=1S/C16H22N2O/c19-14-18-11-8-16(13-18)6-9-17(10-7-16)12-15-4-2-1-3-5-15/h1-5,14H,6-13H2. The smallest absolute Gasteiger partial charge is 0.209 e. The lowest BCUT2D eigenvalue weighted by molar-refractivity contribution is -0.117. The third kappa shape index (κ3) is 2.81. The maximum Gasteiger partial charge on any atom is 0.209 e. The topological polar surface area (TPSA) is 23.6 Å². The van der Waals surface area contributed by atoms with E-state index in [9.17, 15) is 4.79 Å². The minimum atomic E-state index is 0.425. The molecule has 1 spiro atoms. The summed E-state index contributed by atoms with van der Waals surface area (Å²) in [5, 5.41) is 0. The van der Waals surface area contributed by atoms with Crippen LogP contribution in [0.15, 0.2) is 30.3 Å². The van der Waals surface area contributed by atoms with Gasteiger partial charge in [-0.2, -0.15) is 0 Å². The van der Waals surface area contributed by atoms with Crippen molar-refractivity contribution in [1.29, 1.82) is 0 Å². The van der Waals surface area contributed by atoms with Gasteiger partial charge in [0.1, 0.15) is 0 Å². The van der Waals surface area contributed by atoms with E-state index in [4.69, 9.17) is 0 Å². The zero-order valence-corrected chi connectivity index (χ0v) is 11.4. The Hall–Kier alpha value is -1.35. The first-order valence-electron chi connectivity index (χ1n) is 7.25. The second-order valence-corrected chi connectivity index (χ2v) is 6.09. The first kappa shape index (κ1) is 12.7. The highest BCUT2D eigenvalue weighted by molar-refractivity contribution is 5.47. The summed E-state index contributed by atoms with van der Waals surface area (Å²) in [4.78, 5) is 15.4. The normalized spacial score (nSPS) is 22.8. The number of hydrogen-bond donors (Lipinski definition) is 0. The van der Waals surface area contributed by atoms with Gasteiger partial charge in [-0.15, -0.1) is 0 Å². The molecule has 0 radical (unpaired) electrons. The molecule has 2 aliphatic rings. The Labute approximate surface area is 115 Å². The molecule has 0 unspecified atom stereocenters. The summed E-state index contributed by atoms with van der Waals surface area (Å²) in [7, 11) is 0. The van der Waals surface area contributed by atoms with Crippen molar-refractivity contribution < 1.29 is 4.79 Å². The van der Waals surface area contributed by atoms with E-state index in [1.54, 1.807) is 0 Å². The molecule has 3 rings (SSSR count). The molecular weight excluding hydrogens is 236 g/mol. The van der Waals surface area contributed by atoms with E-state index in [-0.39, 0.29) is 0 Å². The summed E-state index contributed by atoms with van der Waals surface area (Å²) in [6.45, 7) is 5.34. The Kier molecular flexibility index (Phi) is 3.56. The van der Waals surface area contributed by atoms with Gasteiger partial charge in [0.25, 0.3) is 0 Å². The van der Waals surface area contributed by atoms with Gasteiger partial charge >= 0.3 is 0 Å². The third-order valence-electron chi connectivity index (χ3n) is 4.78. The second-order valence-electron chi connectivity index (χ2n) is 6.09. The van der Waals surface area contributed by atoms with E-state index in [1.807, 2.05) is 4.90 Å². The van der Waals surface area contributed by atoms with Gasteiger partial charge in [-0.3, -0.25) is 9.69 Å². The van der Waals surface area contributed by atoms with Crippen molar-refractivity contribution in [3.8, 4) is 0 Å². The SMILES string of the molecule is O=CN1CCC2(CCN(Cc3ccccc3)CC2)C1. The molecule has 0 N–H and O–H groups in total. The number of piperidine rings is 1. The maximum absolute atomic E-state index is 10.9. The lowest BCUT2D eigenvalue weighted by Crippen LogP contribution is -2.41. The lowest BCUT2D eigenvalue weighted by atomic mass is 9.78. The van der Waals surface area contributed by atoms with Gasteiger partial charge in [0.05, 0.1) is 0 Å². The summed E-state index contributed by atoms with van der Waals surface area (Å²) in [6.07, 6.45) is 4.70. The van der Waals surface area contributed by atoms with Crippen LogP contribution in [-0.2, 0) is 11.3 Å². The monoisotopic (exact) mass is 258 g/mol. The largest absolute Gasteiger partial charge is 0.345 e. The highest BCUT2D eigenvalue weighted by Crippen LogP contribution is 2.40. The zero-order valence-electron chi connectivity index (χ0n) is 11.4. The Balaban J connectivity index is 1.54. The molecule has 0 atom stereocenters. The van der Waals surface area contributed by atoms with E-state index in [1.165, 1.54) is 37.9 Å². The highest BCUT2D eigenvalue weighted by Gasteiger charge is 2.39. The van der Waals surface area contributed by atoms with Crippen LogP contribution < -0.4 is 0 Å². The fourth-order valence-electron chi connectivity index (χ4n) is 3.49. The van der Waals surface area contributed by atoms with Crippen LogP contribution in [0, 0.1) is 5.41 Å². The van der Waals surface area contributed by atoms with Gasteiger partial charge in [0.15, 0.2) is 0 Å². The molecule has 0 bridgehead atoms. The fraction of sp³-hybridized carbons (Fsp3) is 0.562. The number of carbonyl (C=O) groups is 1. The fourth-order valence-corrected chi connectivity index (χ4v) is 3.49. The Bertz CT molecular complexity index is 424. The summed E-state index contributed by atoms with van der Waals surface area (Å²) in [5.41, 5.74) is 1.83. The van der Waals surface area contributed by atoms with Crippen LogP contribution in [0.3, 0.4) is 0 Å². The molecule has 1 aromatic rings. The summed E-state index contributed by atoms with van der Waals surface area (Å²) in [6, 6.07) is 10.7. The van der Waals surface area contributed by atoms with Gasteiger partial charge in [0.2, 0.25) is 6.41 Å². The molecule has 2 aliphatic heterocycles. The molecule has 0 saturated carbocycles. The van der Waals surface area contributed by atoms with Gasteiger partial charge < -0.3 is 4.90 Å². The molecule has 19 heavy (non-hydrogen) atoms. The average molecular weight is 258 g/mol. The number of hydrogen-bond acceptors (Lipinski definition) is 2. The van der Waals surface area contributed by atoms with Crippen LogP contribution in [0.5, 0.6) is 0 Å². The van der Waals surface area contributed by atoms with Crippen LogP contribution in [0.2, 0.25) is 0 Å². The molecule has 3 nitrogen and oxygen atoms in total. The van der Waals surface area contributed by atoms with Crippen molar-refractivity contribution >= 4 is 6.41 Å². The van der Waals surface area contributed by atoms with E-state index in [0.717, 1.165) is 26.0 Å². The number of likely N-dealkylation sites (tertiary alicyclic amines) is 2. The van der Waals surface area contributed by atoms with Crippen LogP contribution in [-0.4, -0.2) is 42.4 Å². The van der Waals surface area contributed by atoms with Crippen molar-refractivity contribution in [1.82, 2.24) is 9.80 Å². The minimum Gasteiger partial charge on any atom is -0.345 e. The van der Waals surface area contributed by atoms with Crippen LogP contribution >= 0.6 is 0 Å². The van der Waals surface area contributed by atoms with Crippen molar-refractivity contribution in [3.63, 3.8) is 0 Å². The molecule has 1 amide bonds. The Morgan fingerprint density at radius 2 is 1.74 bits per heavy atom. The van der Waals surface area contributed by atoms with Crippen LogP contribution in [0.1, 0.15) is 24.8 Å². The molecule has 2 saturated heterocycles. The molecule has 1 aromatic carbocycles. The number of benzene rings is 1. The molecule has 0 aliphatic carbocycles. The first-order chi connectivity index (χ1) is 9.30. The van der Waals surface area contributed by atoms with Gasteiger partial charge in [0, 0.05) is 19.6 Å². The number of amides is 1. The van der Waals surface area contributed by atoms with E-state index in [2.05, 4.69) is 35.2 Å². The van der Waals surface area contributed by atoms with E-state index >= 15 is 0 Å². The highest BCUT2D eigenvalue weighted by atomic mass is 16.1. The summed E-state index contributed by atoms with van der Waals surface area (Å²) < 4.78 is 0. The van der Waals surface area contributed by atoms with E-state index < -0.39 is 0 Å². The van der Waals surface area contributed by atoms with Gasteiger partial charge in [-0.25, -0.2) is 0 Å². The molecule has 2 heterocycles. The lowest BCUT2D eigenvalue weighted by Gasteiger charge is -2.39. The summed E-state index contributed by atoms with van der Waals surface area (Å²) >= 11 is 0. The van der Waals surface area contributed by atoms with Crippen molar-refractivity contribution in [2.75, 3.05) is 26.2 Å². The molecule has 0 aromatic heterocycles. The van der Waals surface area contributed by atoms with Gasteiger partial charge in [-0.1, -0.05) is 30.3 Å². The average Bonchev–Trinajstić information content (AvgIpc) is 2.86. The Morgan fingerprint density at radius 1 is 1.05 bits per heavy atom. The quantitative estimate of drug-likeness (QED) is 0.775. The van der Waals surface area contributed by atoms with Crippen molar-refractivity contribution in [2.24, 2.45) is 5.41 Å². The number of nitrogens with zero attached hydrogens (tertiary/aromatic N) is 2. The predicted molar refractivity (Wildman–Crippen MR) is 75.6 cm³/mol. The number of rotatable bonds is 3. The van der Waals surface area contributed by atoms with Gasteiger partial charge in [-0.05, 0) is 43.3 Å². The maximum atomic E-state index is 10.9. The number of carbonyl (C=O) groups excluding carboxylic acids is 1. The van der Waals surface area contributed by atoms with Crippen LogP contribution in [0.4, 0.5) is 0 Å². The third-order valence-corrected chi connectivity index (χ3v) is 4.78. The first-order valence-corrected chi connectivity index (χ1v) is 7.25. The van der Waals surface area contributed by atoms with Crippen molar-refractivity contribution in [2.45, 2.75) is 25.8 Å². The molecule has 102 valence electrons. The Morgan fingerprint density at radius 3 is 2.37 bits per heavy atom. The molecule has 2 fully saturated rings. The predicted octanol–water partition coefficient (Wildman–Crippen LogP) is 2.13. The molecule has 3 heteroatoms.